The zero-order chi connectivity index (χ0) is 12.8. The highest BCUT2D eigenvalue weighted by Gasteiger charge is 2.09. The van der Waals surface area contributed by atoms with Crippen LogP contribution in [0, 0.1) is 5.82 Å². The van der Waals surface area contributed by atoms with Crippen molar-refractivity contribution in [3.8, 4) is 0 Å². The Morgan fingerprint density at radius 1 is 1.47 bits per heavy atom. The van der Waals surface area contributed by atoms with Gasteiger partial charge in [0.1, 0.15) is 11.6 Å². The maximum absolute atomic E-state index is 13.2. The van der Waals surface area contributed by atoms with E-state index in [1.165, 1.54) is 6.07 Å². The molecule has 0 heterocycles. The van der Waals surface area contributed by atoms with Gasteiger partial charge in [0.2, 0.25) is 0 Å². The monoisotopic (exact) mass is 301 g/mol. The molecule has 0 bridgehead atoms. The second-order valence-electron chi connectivity index (χ2n) is 4.29. The number of hydrogen-bond acceptors (Lipinski definition) is 2. The highest BCUT2D eigenvalue weighted by atomic mass is 79.9. The van der Waals surface area contributed by atoms with Gasteiger partial charge in [-0.15, -0.1) is 0 Å². The Morgan fingerprint density at radius 3 is 2.82 bits per heavy atom. The van der Waals surface area contributed by atoms with Crippen LogP contribution >= 0.6 is 15.9 Å². The SMILES string of the molecule is CC(C)NCCC(=O)Cc1cccc(F)c1Br. The molecule has 0 spiro atoms. The van der Waals surface area contributed by atoms with Gasteiger partial charge in [-0.05, 0) is 27.6 Å². The van der Waals surface area contributed by atoms with E-state index in [1.54, 1.807) is 12.1 Å². The normalized spacial score (nSPS) is 10.9. The lowest BCUT2D eigenvalue weighted by Gasteiger charge is -2.08. The third-order valence-electron chi connectivity index (χ3n) is 2.38. The molecular formula is C13H17BrFNO. The molecule has 0 aliphatic carbocycles. The topological polar surface area (TPSA) is 29.1 Å². The fraction of sp³-hybridized carbons (Fsp3) is 0.462. The molecule has 1 aromatic carbocycles. The molecule has 0 aliphatic rings. The molecule has 0 aliphatic heterocycles. The first kappa shape index (κ1) is 14.3. The van der Waals surface area contributed by atoms with Crippen LogP contribution in [-0.4, -0.2) is 18.4 Å². The smallest absolute Gasteiger partial charge is 0.138 e. The predicted molar refractivity (Wildman–Crippen MR) is 70.6 cm³/mol. The minimum Gasteiger partial charge on any atom is -0.314 e. The molecular weight excluding hydrogens is 285 g/mol. The first-order valence-corrected chi connectivity index (χ1v) is 6.48. The van der Waals surface area contributed by atoms with Crippen molar-refractivity contribution in [2.24, 2.45) is 0 Å². The number of ketones is 1. The van der Waals surface area contributed by atoms with E-state index >= 15 is 0 Å². The molecule has 0 saturated carbocycles. The number of halogens is 2. The Balaban J connectivity index is 2.48. The number of Topliss-reactive ketones (excluding diaryl/α,β-unsaturated/α-hetero) is 1. The van der Waals surface area contributed by atoms with Crippen LogP contribution in [0.25, 0.3) is 0 Å². The lowest BCUT2D eigenvalue weighted by molar-refractivity contribution is -0.118. The van der Waals surface area contributed by atoms with Gasteiger partial charge in [-0.3, -0.25) is 4.79 Å². The minimum atomic E-state index is -0.324. The minimum absolute atomic E-state index is 0.115. The van der Waals surface area contributed by atoms with Crippen LogP contribution in [0.1, 0.15) is 25.8 Å². The molecule has 0 aromatic heterocycles. The Kier molecular flexibility index (Phi) is 5.78. The zero-order valence-corrected chi connectivity index (χ0v) is 11.7. The van der Waals surface area contributed by atoms with Crippen molar-refractivity contribution >= 4 is 21.7 Å². The molecule has 2 nitrogen and oxygen atoms in total. The predicted octanol–water partition coefficient (Wildman–Crippen LogP) is 3.09. The summed E-state index contributed by atoms with van der Waals surface area (Å²) in [6.45, 7) is 4.74. The molecule has 4 heteroatoms. The molecule has 0 unspecified atom stereocenters. The summed E-state index contributed by atoms with van der Waals surface area (Å²) in [5.74, 6) is -0.208. The Morgan fingerprint density at radius 2 is 2.18 bits per heavy atom. The average molecular weight is 302 g/mol. The number of carbonyl (C=O) groups is 1. The van der Waals surface area contributed by atoms with Crippen molar-refractivity contribution < 1.29 is 9.18 Å². The number of nitrogens with one attached hydrogen (secondary N) is 1. The summed E-state index contributed by atoms with van der Waals surface area (Å²) in [7, 11) is 0. The van der Waals surface area contributed by atoms with Gasteiger partial charge in [0.15, 0.2) is 0 Å². The van der Waals surface area contributed by atoms with Crippen LogP contribution < -0.4 is 5.32 Å². The lowest BCUT2D eigenvalue weighted by Crippen LogP contribution is -2.25. The van der Waals surface area contributed by atoms with Gasteiger partial charge in [0.25, 0.3) is 0 Å². The largest absolute Gasteiger partial charge is 0.314 e. The molecule has 94 valence electrons. The van der Waals surface area contributed by atoms with Crippen molar-refractivity contribution in [1.29, 1.82) is 0 Å². The maximum Gasteiger partial charge on any atom is 0.138 e. The third kappa shape index (κ3) is 4.96. The molecule has 0 radical (unpaired) electrons. The van der Waals surface area contributed by atoms with Crippen LogP contribution in [0.4, 0.5) is 4.39 Å². The number of rotatable bonds is 6. The summed E-state index contributed by atoms with van der Waals surface area (Å²) in [5, 5.41) is 3.18. The second kappa shape index (κ2) is 6.87. The van der Waals surface area contributed by atoms with E-state index in [0.29, 0.717) is 29.0 Å². The quantitative estimate of drug-likeness (QED) is 0.875. The van der Waals surface area contributed by atoms with E-state index in [-0.39, 0.29) is 18.0 Å². The van der Waals surface area contributed by atoms with Gasteiger partial charge in [0.05, 0.1) is 4.47 Å². The van der Waals surface area contributed by atoms with Gasteiger partial charge in [0, 0.05) is 25.4 Å². The number of carbonyl (C=O) groups excluding carboxylic acids is 1. The maximum atomic E-state index is 13.2. The van der Waals surface area contributed by atoms with Crippen LogP contribution in [0.5, 0.6) is 0 Å². The van der Waals surface area contributed by atoms with Crippen LogP contribution in [0.2, 0.25) is 0 Å². The standard InChI is InChI=1S/C13H17BrFNO/c1-9(2)16-7-6-11(17)8-10-4-3-5-12(15)13(10)14/h3-5,9,16H,6-8H2,1-2H3. The van der Waals surface area contributed by atoms with Crippen molar-refractivity contribution in [2.75, 3.05) is 6.54 Å². The van der Waals surface area contributed by atoms with E-state index < -0.39 is 0 Å². The summed E-state index contributed by atoms with van der Waals surface area (Å²) >= 11 is 3.16. The molecule has 0 amide bonds. The van der Waals surface area contributed by atoms with Crippen LogP contribution in [0.3, 0.4) is 0 Å². The van der Waals surface area contributed by atoms with Gasteiger partial charge in [-0.25, -0.2) is 4.39 Å². The molecule has 0 atom stereocenters. The van der Waals surface area contributed by atoms with Crippen LogP contribution in [-0.2, 0) is 11.2 Å². The first-order chi connectivity index (χ1) is 8.00. The molecule has 1 N–H and O–H groups in total. The van der Waals surface area contributed by atoms with Crippen molar-refractivity contribution in [3.63, 3.8) is 0 Å². The average Bonchev–Trinajstić information content (AvgIpc) is 2.24. The van der Waals surface area contributed by atoms with Gasteiger partial charge < -0.3 is 5.32 Å². The highest BCUT2D eigenvalue weighted by Crippen LogP contribution is 2.21. The Hall–Kier alpha value is -0.740. The fourth-order valence-corrected chi connectivity index (χ4v) is 1.89. The zero-order valence-electron chi connectivity index (χ0n) is 10.1. The van der Waals surface area contributed by atoms with E-state index in [9.17, 15) is 9.18 Å². The fourth-order valence-electron chi connectivity index (χ4n) is 1.49. The summed E-state index contributed by atoms with van der Waals surface area (Å²) in [4.78, 5) is 11.7. The summed E-state index contributed by atoms with van der Waals surface area (Å²) in [5.41, 5.74) is 0.708. The van der Waals surface area contributed by atoms with Crippen molar-refractivity contribution in [3.05, 3.63) is 34.1 Å². The second-order valence-corrected chi connectivity index (χ2v) is 5.08. The molecule has 17 heavy (non-hydrogen) atoms. The summed E-state index contributed by atoms with van der Waals surface area (Å²) < 4.78 is 13.6. The third-order valence-corrected chi connectivity index (χ3v) is 3.26. The van der Waals surface area contributed by atoms with Crippen molar-refractivity contribution in [1.82, 2.24) is 5.32 Å². The first-order valence-electron chi connectivity index (χ1n) is 5.68. The van der Waals surface area contributed by atoms with Crippen LogP contribution in [0.15, 0.2) is 22.7 Å². The molecule has 1 rings (SSSR count). The van der Waals surface area contributed by atoms with E-state index in [1.807, 2.05) is 13.8 Å². The molecule has 0 fully saturated rings. The lowest BCUT2D eigenvalue weighted by atomic mass is 10.1. The Bertz CT molecular complexity index is 393. The molecule has 0 saturated heterocycles. The highest BCUT2D eigenvalue weighted by molar-refractivity contribution is 9.10. The van der Waals surface area contributed by atoms with E-state index in [0.717, 1.165) is 0 Å². The van der Waals surface area contributed by atoms with E-state index in [4.69, 9.17) is 0 Å². The van der Waals surface area contributed by atoms with E-state index in [2.05, 4.69) is 21.2 Å². The van der Waals surface area contributed by atoms with Gasteiger partial charge in [-0.2, -0.15) is 0 Å². The van der Waals surface area contributed by atoms with Gasteiger partial charge in [-0.1, -0.05) is 26.0 Å². The number of benzene rings is 1. The summed E-state index contributed by atoms with van der Waals surface area (Å²) in [6, 6.07) is 5.14. The van der Waals surface area contributed by atoms with Gasteiger partial charge >= 0.3 is 0 Å². The Labute approximate surface area is 110 Å². The number of hydrogen-bond donors (Lipinski definition) is 1. The van der Waals surface area contributed by atoms with Crippen molar-refractivity contribution in [2.45, 2.75) is 32.7 Å². The summed E-state index contributed by atoms with van der Waals surface area (Å²) in [6.07, 6.45) is 0.749. The molecule has 1 aromatic rings.